The highest BCUT2D eigenvalue weighted by molar-refractivity contribution is 7.91. The van der Waals surface area contributed by atoms with E-state index in [1.807, 2.05) is 62.4 Å². The summed E-state index contributed by atoms with van der Waals surface area (Å²) < 4.78 is 27.9. The van der Waals surface area contributed by atoms with E-state index in [2.05, 4.69) is 25.0 Å². The number of hydrogen-bond donors (Lipinski definition) is 2. The Morgan fingerprint density at radius 3 is 2.41 bits per heavy atom. The molecule has 2 aromatic carbocycles. The lowest BCUT2D eigenvalue weighted by Gasteiger charge is -2.13. The fourth-order valence-corrected chi connectivity index (χ4v) is 4.33. The third kappa shape index (κ3) is 5.47. The Bertz CT molecular complexity index is 1320. The molecule has 2 aromatic heterocycles. The summed E-state index contributed by atoms with van der Waals surface area (Å²) in [5.41, 5.74) is 5.35. The molecule has 2 N–H and O–H groups in total. The van der Waals surface area contributed by atoms with Gasteiger partial charge in [-0.3, -0.25) is 9.71 Å². The van der Waals surface area contributed by atoms with Crippen molar-refractivity contribution in [3.05, 3.63) is 95.8 Å². The molecule has 0 aliphatic heterocycles. The van der Waals surface area contributed by atoms with Crippen LogP contribution >= 0.6 is 0 Å². The van der Waals surface area contributed by atoms with Gasteiger partial charge in [0.25, 0.3) is 0 Å². The molecule has 0 amide bonds. The van der Waals surface area contributed by atoms with Crippen molar-refractivity contribution in [1.29, 1.82) is 0 Å². The molecule has 0 spiro atoms. The van der Waals surface area contributed by atoms with E-state index in [-0.39, 0.29) is 5.75 Å². The van der Waals surface area contributed by atoms with Gasteiger partial charge >= 0.3 is 0 Å². The molecule has 4 aromatic rings. The van der Waals surface area contributed by atoms with Crippen molar-refractivity contribution in [2.75, 3.05) is 10.0 Å². The largest absolute Gasteiger partial charge is 0.324 e. The number of aromatic nitrogens is 3. The number of pyridine rings is 1. The van der Waals surface area contributed by atoms with Gasteiger partial charge in [0.15, 0.2) is 0 Å². The Balaban J connectivity index is 1.52. The number of sulfonamides is 1. The second-order valence-electron chi connectivity index (χ2n) is 7.48. The van der Waals surface area contributed by atoms with Gasteiger partial charge in [-0.05, 0) is 55.3 Å². The maximum atomic E-state index is 12.6. The fourth-order valence-electron chi connectivity index (χ4n) is 3.14. The van der Waals surface area contributed by atoms with Crippen LogP contribution in [0, 0.1) is 13.8 Å². The average molecular weight is 446 g/mol. The van der Waals surface area contributed by atoms with E-state index >= 15 is 0 Å². The Kier molecular flexibility index (Phi) is 6.13. The van der Waals surface area contributed by atoms with E-state index in [9.17, 15) is 8.42 Å². The first kappa shape index (κ1) is 21.5. The number of nitrogens with zero attached hydrogens (tertiary/aromatic N) is 3. The van der Waals surface area contributed by atoms with Gasteiger partial charge in [-0.1, -0.05) is 42.0 Å². The fraction of sp³-hybridized carbons (Fsp3) is 0.125. The van der Waals surface area contributed by atoms with Crippen LogP contribution in [-0.2, 0) is 15.8 Å². The SMILES string of the molecule is Cc1ccc(CS(=O)(=O)Nc2ccc(C)c(Nc3nccc(-c4ccccn4)n3)c2)cc1. The Hall–Kier alpha value is -3.78. The van der Waals surface area contributed by atoms with Crippen LogP contribution in [-0.4, -0.2) is 23.4 Å². The third-order valence-corrected chi connectivity index (χ3v) is 6.08. The van der Waals surface area contributed by atoms with Gasteiger partial charge in [-0.2, -0.15) is 0 Å². The first-order valence-corrected chi connectivity index (χ1v) is 11.7. The van der Waals surface area contributed by atoms with Gasteiger partial charge in [0.1, 0.15) is 0 Å². The molecule has 32 heavy (non-hydrogen) atoms. The van der Waals surface area contributed by atoms with E-state index in [0.29, 0.717) is 23.0 Å². The molecule has 0 saturated heterocycles. The zero-order valence-corrected chi connectivity index (χ0v) is 18.6. The Morgan fingerprint density at radius 2 is 1.66 bits per heavy atom. The molecule has 0 bridgehead atoms. The Labute approximate surface area is 187 Å². The van der Waals surface area contributed by atoms with Crippen molar-refractivity contribution in [3.8, 4) is 11.4 Å². The number of hydrogen-bond acceptors (Lipinski definition) is 6. The molecule has 7 nitrogen and oxygen atoms in total. The van der Waals surface area contributed by atoms with Gasteiger partial charge in [0.05, 0.1) is 22.8 Å². The van der Waals surface area contributed by atoms with E-state index in [4.69, 9.17) is 0 Å². The van der Waals surface area contributed by atoms with Crippen molar-refractivity contribution in [1.82, 2.24) is 15.0 Å². The lowest BCUT2D eigenvalue weighted by Crippen LogP contribution is -2.15. The molecule has 0 aliphatic carbocycles. The summed E-state index contributed by atoms with van der Waals surface area (Å²) in [6.07, 6.45) is 3.36. The van der Waals surface area contributed by atoms with Gasteiger partial charge in [-0.25, -0.2) is 18.4 Å². The highest BCUT2D eigenvalue weighted by Gasteiger charge is 2.13. The minimum atomic E-state index is -3.56. The first-order chi connectivity index (χ1) is 15.4. The third-order valence-electron chi connectivity index (χ3n) is 4.82. The lowest BCUT2D eigenvalue weighted by molar-refractivity contribution is 0.600. The number of benzene rings is 2. The zero-order valence-electron chi connectivity index (χ0n) is 17.8. The van der Waals surface area contributed by atoms with Crippen molar-refractivity contribution >= 4 is 27.3 Å². The van der Waals surface area contributed by atoms with Crippen molar-refractivity contribution in [2.24, 2.45) is 0 Å². The molecule has 0 saturated carbocycles. The van der Waals surface area contributed by atoms with E-state index in [1.165, 1.54) is 0 Å². The smallest absolute Gasteiger partial charge is 0.236 e. The van der Waals surface area contributed by atoms with Crippen LogP contribution in [0.1, 0.15) is 16.7 Å². The maximum absolute atomic E-state index is 12.6. The zero-order chi connectivity index (χ0) is 22.6. The second-order valence-corrected chi connectivity index (χ2v) is 9.20. The minimum Gasteiger partial charge on any atom is -0.324 e. The average Bonchev–Trinajstić information content (AvgIpc) is 2.78. The predicted molar refractivity (Wildman–Crippen MR) is 127 cm³/mol. The molecule has 2 heterocycles. The van der Waals surface area contributed by atoms with Gasteiger partial charge in [-0.15, -0.1) is 0 Å². The monoisotopic (exact) mass is 445 g/mol. The highest BCUT2D eigenvalue weighted by atomic mass is 32.2. The van der Waals surface area contributed by atoms with Crippen LogP contribution in [0.5, 0.6) is 0 Å². The quantitative estimate of drug-likeness (QED) is 0.422. The highest BCUT2D eigenvalue weighted by Crippen LogP contribution is 2.25. The summed E-state index contributed by atoms with van der Waals surface area (Å²) in [6, 6.07) is 20.2. The number of nitrogens with one attached hydrogen (secondary N) is 2. The normalized spacial score (nSPS) is 11.2. The molecule has 4 rings (SSSR count). The van der Waals surface area contributed by atoms with Crippen LogP contribution in [0.4, 0.5) is 17.3 Å². The number of anilines is 3. The van der Waals surface area contributed by atoms with Gasteiger partial charge in [0, 0.05) is 18.1 Å². The summed E-state index contributed by atoms with van der Waals surface area (Å²) in [4.78, 5) is 13.1. The summed E-state index contributed by atoms with van der Waals surface area (Å²) in [7, 11) is -3.56. The van der Waals surface area contributed by atoms with E-state index in [1.54, 1.807) is 30.6 Å². The first-order valence-electron chi connectivity index (χ1n) is 10.1. The molecule has 0 unspecified atom stereocenters. The molecule has 162 valence electrons. The number of rotatable bonds is 7. The maximum Gasteiger partial charge on any atom is 0.236 e. The minimum absolute atomic E-state index is 0.0981. The van der Waals surface area contributed by atoms with Gasteiger partial charge < -0.3 is 5.32 Å². The second kappa shape index (κ2) is 9.15. The van der Waals surface area contributed by atoms with Crippen molar-refractivity contribution in [2.45, 2.75) is 19.6 Å². The summed E-state index contributed by atoms with van der Waals surface area (Å²) >= 11 is 0. The van der Waals surface area contributed by atoms with E-state index < -0.39 is 10.0 Å². The molecule has 0 fully saturated rings. The summed E-state index contributed by atoms with van der Waals surface area (Å²) in [6.45, 7) is 3.89. The van der Waals surface area contributed by atoms with Crippen molar-refractivity contribution < 1.29 is 8.42 Å². The Morgan fingerprint density at radius 1 is 0.844 bits per heavy atom. The summed E-state index contributed by atoms with van der Waals surface area (Å²) in [5.74, 6) is 0.301. The van der Waals surface area contributed by atoms with Crippen LogP contribution < -0.4 is 10.0 Å². The molecule has 0 atom stereocenters. The molecule has 8 heteroatoms. The van der Waals surface area contributed by atoms with E-state index in [0.717, 1.165) is 22.4 Å². The number of aryl methyl sites for hydroxylation is 2. The molecular weight excluding hydrogens is 422 g/mol. The predicted octanol–water partition coefficient (Wildman–Crippen LogP) is 4.84. The van der Waals surface area contributed by atoms with Crippen LogP contribution in [0.15, 0.2) is 79.1 Å². The molecule has 0 aliphatic rings. The molecular formula is C24H23N5O2S. The molecule has 0 radical (unpaired) electrons. The van der Waals surface area contributed by atoms with Crippen LogP contribution in [0.25, 0.3) is 11.4 Å². The van der Waals surface area contributed by atoms with Crippen LogP contribution in [0.3, 0.4) is 0 Å². The lowest BCUT2D eigenvalue weighted by atomic mass is 10.2. The van der Waals surface area contributed by atoms with Crippen LogP contribution in [0.2, 0.25) is 0 Å². The van der Waals surface area contributed by atoms with Gasteiger partial charge in [0.2, 0.25) is 16.0 Å². The van der Waals surface area contributed by atoms with Crippen molar-refractivity contribution in [3.63, 3.8) is 0 Å². The standard InChI is InChI=1S/C24H23N5O2S/c1-17-6-9-19(10-7-17)16-32(30,31)29-20-11-8-18(2)23(15-20)28-24-26-14-12-22(27-24)21-5-3-4-13-25-21/h3-15,29H,16H2,1-2H3,(H,26,27,28). The summed E-state index contributed by atoms with van der Waals surface area (Å²) in [5, 5.41) is 3.18. The topological polar surface area (TPSA) is 96.9 Å².